The summed E-state index contributed by atoms with van der Waals surface area (Å²) >= 11 is 0. The van der Waals surface area contributed by atoms with Crippen molar-refractivity contribution in [2.24, 2.45) is 0 Å². The van der Waals surface area contributed by atoms with Crippen LogP contribution in [0.3, 0.4) is 0 Å². The van der Waals surface area contributed by atoms with Crippen molar-refractivity contribution < 1.29 is 22.7 Å². The number of amides is 1. The molecule has 0 saturated carbocycles. The highest BCUT2D eigenvalue weighted by Crippen LogP contribution is 2.32. The lowest BCUT2D eigenvalue weighted by Gasteiger charge is -2.17. The molecule has 2 aromatic carbocycles. The van der Waals surface area contributed by atoms with Crippen LogP contribution in [0.1, 0.15) is 49.2 Å². The van der Waals surface area contributed by atoms with Gasteiger partial charge < -0.3 is 14.8 Å². The third kappa shape index (κ3) is 5.27. The molecule has 0 bridgehead atoms. The molecule has 2 N–H and O–H groups in total. The Labute approximate surface area is 171 Å². The molecule has 156 valence electrons. The summed E-state index contributed by atoms with van der Waals surface area (Å²) < 4.78 is 38.6. The van der Waals surface area contributed by atoms with Crippen LogP contribution in [0.25, 0.3) is 0 Å². The predicted molar refractivity (Wildman–Crippen MR) is 110 cm³/mol. The summed E-state index contributed by atoms with van der Waals surface area (Å²) in [5.41, 5.74) is 1.14. The van der Waals surface area contributed by atoms with E-state index in [1.807, 2.05) is 25.1 Å². The molecule has 0 radical (unpaired) electrons. The fourth-order valence-corrected chi connectivity index (χ4v) is 4.29. The smallest absolute Gasteiger partial charge is 0.251 e. The zero-order chi connectivity index (χ0) is 21.0. The van der Waals surface area contributed by atoms with Crippen LogP contribution < -0.4 is 19.5 Å². The number of nitrogens with one attached hydrogen (secondary N) is 2. The zero-order valence-corrected chi connectivity index (χ0v) is 17.6. The molecular weight excluding hydrogens is 392 g/mol. The summed E-state index contributed by atoms with van der Waals surface area (Å²) in [6, 6.07) is 11.0. The fourth-order valence-electron chi connectivity index (χ4n) is 3.00. The van der Waals surface area contributed by atoms with Crippen LogP contribution in [0.5, 0.6) is 11.5 Å². The van der Waals surface area contributed by atoms with E-state index in [9.17, 15) is 13.2 Å². The fraction of sp³-hybridized carbons (Fsp3) is 0.381. The summed E-state index contributed by atoms with van der Waals surface area (Å²) in [4.78, 5) is 12.7. The van der Waals surface area contributed by atoms with Gasteiger partial charge in [0.1, 0.15) is 0 Å². The Hall–Kier alpha value is -2.58. The van der Waals surface area contributed by atoms with Gasteiger partial charge in [-0.1, -0.05) is 12.1 Å². The van der Waals surface area contributed by atoms with Crippen molar-refractivity contribution >= 4 is 15.9 Å². The third-order valence-electron chi connectivity index (χ3n) is 4.42. The first-order valence-corrected chi connectivity index (χ1v) is 11.1. The Bertz CT molecular complexity index is 988. The number of fused-ring (bicyclic) bond motifs is 1. The van der Waals surface area contributed by atoms with Crippen LogP contribution in [0.2, 0.25) is 0 Å². The van der Waals surface area contributed by atoms with E-state index in [0.29, 0.717) is 24.7 Å². The predicted octanol–water partition coefficient (Wildman–Crippen LogP) is 3.03. The Kier molecular flexibility index (Phi) is 6.44. The zero-order valence-electron chi connectivity index (χ0n) is 16.8. The molecule has 1 amide bonds. The lowest BCUT2D eigenvalue weighted by Crippen LogP contribution is -2.31. The molecular formula is C21H26N2O5S. The van der Waals surface area contributed by atoms with E-state index in [0.717, 1.165) is 12.0 Å². The van der Waals surface area contributed by atoms with Crippen molar-refractivity contribution in [3.8, 4) is 11.5 Å². The molecule has 1 unspecified atom stereocenters. The monoisotopic (exact) mass is 418 g/mol. The van der Waals surface area contributed by atoms with Gasteiger partial charge in [0.2, 0.25) is 10.0 Å². The van der Waals surface area contributed by atoms with Crippen molar-refractivity contribution in [3.05, 3.63) is 53.6 Å². The maximum atomic E-state index is 12.7. The van der Waals surface area contributed by atoms with Gasteiger partial charge in [-0.15, -0.1) is 0 Å². The molecule has 1 atom stereocenters. The van der Waals surface area contributed by atoms with Gasteiger partial charge in [-0.05, 0) is 56.7 Å². The number of sulfonamides is 1. The first-order chi connectivity index (χ1) is 13.8. The Morgan fingerprint density at radius 3 is 2.45 bits per heavy atom. The second-order valence-electron chi connectivity index (χ2n) is 7.26. The normalized spacial score (nSPS) is 14.9. The number of rotatable bonds is 6. The maximum Gasteiger partial charge on any atom is 0.251 e. The number of hydrogen-bond donors (Lipinski definition) is 2. The number of hydrogen-bond acceptors (Lipinski definition) is 5. The summed E-state index contributed by atoms with van der Waals surface area (Å²) in [6.07, 6.45) is 0.821. The summed E-state index contributed by atoms with van der Waals surface area (Å²) in [6.45, 7) is 6.54. The molecule has 8 heteroatoms. The summed E-state index contributed by atoms with van der Waals surface area (Å²) in [7, 11) is -3.67. The van der Waals surface area contributed by atoms with Crippen LogP contribution in [-0.4, -0.2) is 33.6 Å². The second-order valence-corrected chi connectivity index (χ2v) is 8.97. The number of ether oxygens (including phenoxy) is 2. The third-order valence-corrected chi connectivity index (χ3v) is 6.07. The minimum atomic E-state index is -3.67. The first-order valence-electron chi connectivity index (χ1n) is 9.59. The van der Waals surface area contributed by atoms with Gasteiger partial charge in [-0.25, -0.2) is 13.1 Å². The molecule has 1 aliphatic heterocycles. The average Bonchev–Trinajstić information content (AvgIpc) is 2.91. The highest BCUT2D eigenvalue weighted by Gasteiger charge is 2.19. The van der Waals surface area contributed by atoms with Gasteiger partial charge in [0, 0.05) is 18.0 Å². The quantitative estimate of drug-likeness (QED) is 0.752. The minimum Gasteiger partial charge on any atom is -0.490 e. The molecule has 0 aromatic heterocycles. The molecule has 0 aliphatic carbocycles. The lowest BCUT2D eigenvalue weighted by molar-refractivity contribution is 0.0939. The Balaban J connectivity index is 1.75. The van der Waals surface area contributed by atoms with E-state index in [1.54, 1.807) is 26.0 Å². The van der Waals surface area contributed by atoms with E-state index >= 15 is 0 Å². The van der Waals surface area contributed by atoms with Crippen molar-refractivity contribution in [1.29, 1.82) is 0 Å². The SMILES string of the molecule is CC(C)NS(=O)(=O)c1cccc(C(=O)NC(C)c2ccc3c(c2)OCCCO3)c1. The topological polar surface area (TPSA) is 93.7 Å². The van der Waals surface area contributed by atoms with Crippen LogP contribution in [0.15, 0.2) is 47.4 Å². The van der Waals surface area contributed by atoms with Gasteiger partial charge in [0.25, 0.3) is 5.91 Å². The number of carbonyl (C=O) groups is 1. The molecule has 1 heterocycles. The van der Waals surface area contributed by atoms with E-state index in [4.69, 9.17) is 9.47 Å². The largest absolute Gasteiger partial charge is 0.490 e. The van der Waals surface area contributed by atoms with Crippen LogP contribution in [-0.2, 0) is 10.0 Å². The van der Waals surface area contributed by atoms with Crippen LogP contribution in [0.4, 0.5) is 0 Å². The maximum absolute atomic E-state index is 12.7. The van der Waals surface area contributed by atoms with Gasteiger partial charge >= 0.3 is 0 Å². The van der Waals surface area contributed by atoms with Crippen LogP contribution >= 0.6 is 0 Å². The molecule has 29 heavy (non-hydrogen) atoms. The van der Waals surface area contributed by atoms with Gasteiger partial charge in [0.05, 0.1) is 24.2 Å². The standard InChI is InChI=1S/C21H26N2O5S/c1-14(2)23-29(25,26)18-7-4-6-17(12-18)21(24)22-15(3)16-8-9-19-20(13-16)28-11-5-10-27-19/h4,6-9,12-15,23H,5,10-11H2,1-3H3,(H,22,24). The van der Waals surface area contributed by atoms with Gasteiger partial charge in [-0.2, -0.15) is 0 Å². The van der Waals surface area contributed by atoms with Crippen LogP contribution in [0, 0.1) is 0 Å². The van der Waals surface area contributed by atoms with Gasteiger partial charge in [0.15, 0.2) is 11.5 Å². The average molecular weight is 419 g/mol. The summed E-state index contributed by atoms with van der Waals surface area (Å²) in [5, 5.41) is 2.90. The van der Waals surface area contributed by atoms with Crippen molar-refractivity contribution in [2.45, 2.75) is 44.2 Å². The molecule has 3 rings (SSSR count). The lowest BCUT2D eigenvalue weighted by atomic mass is 10.1. The molecule has 1 aliphatic rings. The van der Waals surface area contributed by atoms with E-state index < -0.39 is 10.0 Å². The van der Waals surface area contributed by atoms with Crippen molar-refractivity contribution in [3.63, 3.8) is 0 Å². The molecule has 0 saturated heterocycles. The van der Waals surface area contributed by atoms with Gasteiger partial charge in [-0.3, -0.25) is 4.79 Å². The number of benzene rings is 2. The first kappa shape index (κ1) is 21.1. The highest BCUT2D eigenvalue weighted by atomic mass is 32.2. The molecule has 7 nitrogen and oxygen atoms in total. The van der Waals surface area contributed by atoms with E-state index in [-0.39, 0.29) is 28.4 Å². The number of carbonyl (C=O) groups excluding carboxylic acids is 1. The molecule has 2 aromatic rings. The highest BCUT2D eigenvalue weighted by molar-refractivity contribution is 7.89. The Morgan fingerprint density at radius 1 is 1.00 bits per heavy atom. The second kappa shape index (κ2) is 8.84. The van der Waals surface area contributed by atoms with E-state index in [1.165, 1.54) is 12.1 Å². The molecule has 0 spiro atoms. The summed E-state index contributed by atoms with van der Waals surface area (Å²) in [5.74, 6) is 1.00. The molecule has 0 fully saturated rings. The van der Waals surface area contributed by atoms with Crippen molar-refractivity contribution in [1.82, 2.24) is 10.0 Å². The van der Waals surface area contributed by atoms with Crippen molar-refractivity contribution in [2.75, 3.05) is 13.2 Å². The Morgan fingerprint density at radius 2 is 1.72 bits per heavy atom. The minimum absolute atomic E-state index is 0.0575. The van der Waals surface area contributed by atoms with E-state index in [2.05, 4.69) is 10.0 Å².